The van der Waals surface area contributed by atoms with Crippen LogP contribution >= 0.6 is 0 Å². The van der Waals surface area contributed by atoms with Gasteiger partial charge in [-0.25, -0.2) is 4.42 Å². The van der Waals surface area contributed by atoms with Crippen LogP contribution in [0, 0.1) is 0 Å². The molecule has 29 heavy (non-hydrogen) atoms. The van der Waals surface area contributed by atoms with Gasteiger partial charge in [-0.3, -0.25) is 0 Å². The zero-order chi connectivity index (χ0) is 20.7. The molecule has 0 amide bonds. The molecule has 0 saturated carbocycles. The molecule has 0 fully saturated rings. The predicted octanol–water partition coefficient (Wildman–Crippen LogP) is 7.86. The Morgan fingerprint density at radius 3 is 1.41 bits per heavy atom. The number of benzene rings is 3. The fourth-order valence-corrected chi connectivity index (χ4v) is 2.99. The Hall–Kier alpha value is -3.41. The van der Waals surface area contributed by atoms with Crippen LogP contribution in [0.15, 0.2) is 108 Å². The summed E-state index contributed by atoms with van der Waals surface area (Å²) in [5.41, 5.74) is 5.71. The first-order valence-electron chi connectivity index (χ1n) is 8.92. The maximum Gasteiger partial charge on any atom is 0.673 e. The van der Waals surface area contributed by atoms with Crippen molar-refractivity contribution < 1.29 is 21.7 Å². The summed E-state index contributed by atoms with van der Waals surface area (Å²) in [4.78, 5) is 0. The summed E-state index contributed by atoms with van der Waals surface area (Å²) >= 11 is 0. The van der Waals surface area contributed by atoms with Crippen molar-refractivity contribution in [2.45, 2.75) is 0 Å². The van der Waals surface area contributed by atoms with Gasteiger partial charge >= 0.3 is 19.3 Å². The van der Waals surface area contributed by atoms with E-state index in [1.165, 1.54) is 11.1 Å². The van der Waals surface area contributed by atoms with Crippen LogP contribution in [0.25, 0.3) is 33.6 Å². The highest BCUT2D eigenvalue weighted by molar-refractivity contribution is 6.50. The highest BCUT2D eigenvalue weighted by Crippen LogP contribution is 2.39. The lowest BCUT2D eigenvalue weighted by molar-refractivity contribution is 0.368. The van der Waals surface area contributed by atoms with E-state index in [9.17, 15) is 17.3 Å². The van der Waals surface area contributed by atoms with E-state index in [-0.39, 0.29) is 0 Å². The number of rotatable bonds is 3. The average molecular weight is 396 g/mol. The molecule has 3 aromatic carbocycles. The zero-order valence-electron chi connectivity index (χ0n) is 15.3. The second kappa shape index (κ2) is 9.19. The first-order valence-corrected chi connectivity index (χ1v) is 8.92. The maximum atomic E-state index is 9.75. The van der Waals surface area contributed by atoms with Crippen LogP contribution in [0.4, 0.5) is 17.3 Å². The number of hydrogen-bond donors (Lipinski definition) is 0. The van der Waals surface area contributed by atoms with Gasteiger partial charge in [0, 0.05) is 11.6 Å². The quantitative estimate of drug-likeness (QED) is 0.195. The molecule has 1 aromatic heterocycles. The van der Waals surface area contributed by atoms with Gasteiger partial charge in [0.25, 0.3) is 0 Å². The standard InChI is InChI=1S/C23H17O.BF4/c1-4-10-18(11-5-1)21-16-17-24-23(20-14-8-3-9-15-20)22(21)19-12-6-2-7-13-19;2-1(3,4)5/h1-17H;/q+1;-1. The molecule has 6 heteroatoms. The van der Waals surface area contributed by atoms with Crippen molar-refractivity contribution in [3.05, 3.63) is 103 Å². The Labute approximate surface area is 166 Å². The second-order valence-electron chi connectivity index (χ2n) is 6.13. The topological polar surface area (TPSA) is 11.3 Å². The lowest BCUT2D eigenvalue weighted by Crippen LogP contribution is -2.02. The Morgan fingerprint density at radius 2 is 0.931 bits per heavy atom. The zero-order valence-corrected chi connectivity index (χ0v) is 15.3. The third kappa shape index (κ3) is 5.78. The minimum atomic E-state index is -6.00. The molecule has 4 aromatic rings. The van der Waals surface area contributed by atoms with Gasteiger partial charge in [0.2, 0.25) is 0 Å². The van der Waals surface area contributed by atoms with Gasteiger partial charge in [-0.2, -0.15) is 0 Å². The highest BCUT2D eigenvalue weighted by Gasteiger charge is 2.23. The van der Waals surface area contributed by atoms with Crippen LogP contribution in [0.5, 0.6) is 0 Å². The largest absolute Gasteiger partial charge is 0.673 e. The van der Waals surface area contributed by atoms with Gasteiger partial charge in [-0.1, -0.05) is 78.9 Å². The van der Waals surface area contributed by atoms with Crippen LogP contribution in [0.3, 0.4) is 0 Å². The summed E-state index contributed by atoms with van der Waals surface area (Å²) in [6.07, 6.45) is 1.77. The molecule has 0 bridgehead atoms. The first-order chi connectivity index (χ1) is 13.9. The van der Waals surface area contributed by atoms with Gasteiger partial charge in [-0.05, 0) is 23.3 Å². The van der Waals surface area contributed by atoms with E-state index < -0.39 is 7.25 Å². The monoisotopic (exact) mass is 396 g/mol. The summed E-state index contributed by atoms with van der Waals surface area (Å²) in [6, 6.07) is 33.2. The smallest absolute Gasteiger partial charge is 0.418 e. The van der Waals surface area contributed by atoms with Gasteiger partial charge in [0.1, 0.15) is 0 Å². The minimum absolute atomic E-state index is 0.892. The number of hydrogen-bond acceptors (Lipinski definition) is 0. The van der Waals surface area contributed by atoms with Crippen LogP contribution < -0.4 is 0 Å². The van der Waals surface area contributed by atoms with Crippen molar-refractivity contribution in [2.75, 3.05) is 0 Å². The Balaban J connectivity index is 0.000000431. The fourth-order valence-electron chi connectivity index (χ4n) is 2.99. The number of halogens is 4. The first kappa shape index (κ1) is 20.3. The van der Waals surface area contributed by atoms with E-state index in [0.29, 0.717) is 0 Å². The van der Waals surface area contributed by atoms with E-state index in [2.05, 4.69) is 60.7 Å². The van der Waals surface area contributed by atoms with Crippen molar-refractivity contribution >= 4 is 7.25 Å². The third-order valence-electron chi connectivity index (χ3n) is 4.10. The van der Waals surface area contributed by atoms with E-state index in [1.54, 1.807) is 6.26 Å². The lowest BCUT2D eigenvalue weighted by atomic mass is 9.92. The average Bonchev–Trinajstić information content (AvgIpc) is 2.74. The van der Waals surface area contributed by atoms with Crippen LogP contribution in [-0.2, 0) is 0 Å². The van der Waals surface area contributed by atoms with Crippen molar-refractivity contribution in [1.82, 2.24) is 0 Å². The predicted molar refractivity (Wildman–Crippen MR) is 110 cm³/mol. The van der Waals surface area contributed by atoms with Gasteiger partial charge in [-0.15, -0.1) is 0 Å². The van der Waals surface area contributed by atoms with Gasteiger partial charge in [0.15, 0.2) is 0 Å². The molecular formula is C23H17BF4O. The molecule has 1 heterocycles. The molecule has 0 N–H and O–H groups in total. The maximum absolute atomic E-state index is 9.75. The Morgan fingerprint density at radius 1 is 0.517 bits per heavy atom. The van der Waals surface area contributed by atoms with E-state index in [4.69, 9.17) is 4.42 Å². The van der Waals surface area contributed by atoms with E-state index in [0.717, 1.165) is 22.5 Å². The molecule has 1 nitrogen and oxygen atoms in total. The molecule has 0 atom stereocenters. The normalized spacial score (nSPS) is 10.8. The van der Waals surface area contributed by atoms with Crippen molar-refractivity contribution in [2.24, 2.45) is 0 Å². The molecule has 0 unspecified atom stereocenters. The van der Waals surface area contributed by atoms with Crippen LogP contribution in [0.2, 0.25) is 0 Å². The van der Waals surface area contributed by atoms with Crippen LogP contribution in [0.1, 0.15) is 0 Å². The summed E-state index contributed by atoms with van der Waals surface area (Å²) in [5, 5.41) is 0. The molecule has 0 aliphatic rings. The second-order valence-corrected chi connectivity index (χ2v) is 6.13. The van der Waals surface area contributed by atoms with E-state index in [1.807, 2.05) is 36.4 Å². The SMILES string of the molecule is F[B-](F)(F)F.c1ccc(-c2cc[o+]c(-c3ccccc3)c2-c2ccccc2)cc1. The third-order valence-corrected chi connectivity index (χ3v) is 4.10. The van der Waals surface area contributed by atoms with Crippen LogP contribution in [-0.4, -0.2) is 7.25 Å². The Kier molecular flexibility index (Phi) is 6.44. The van der Waals surface area contributed by atoms with Gasteiger partial charge < -0.3 is 17.3 Å². The van der Waals surface area contributed by atoms with Crippen molar-refractivity contribution in [1.29, 1.82) is 0 Å². The molecule has 0 radical (unpaired) electrons. The van der Waals surface area contributed by atoms with Crippen molar-refractivity contribution in [3.8, 4) is 33.6 Å². The van der Waals surface area contributed by atoms with Crippen molar-refractivity contribution in [3.63, 3.8) is 0 Å². The summed E-state index contributed by atoms with van der Waals surface area (Å²) in [5.74, 6) is 0.892. The molecule has 146 valence electrons. The molecule has 0 aliphatic carbocycles. The lowest BCUT2D eigenvalue weighted by Gasteiger charge is -2.08. The molecule has 4 rings (SSSR count). The summed E-state index contributed by atoms with van der Waals surface area (Å²) in [6.45, 7) is 0. The summed E-state index contributed by atoms with van der Waals surface area (Å²) < 4.78 is 45.0. The molecule has 0 aliphatic heterocycles. The minimum Gasteiger partial charge on any atom is -0.418 e. The van der Waals surface area contributed by atoms with E-state index >= 15 is 0 Å². The van der Waals surface area contributed by atoms with Gasteiger partial charge in [0.05, 0.1) is 11.1 Å². The molecule has 0 saturated heterocycles. The molecule has 0 spiro atoms. The highest BCUT2D eigenvalue weighted by atomic mass is 19.5. The fraction of sp³-hybridized carbons (Fsp3) is 0. The summed E-state index contributed by atoms with van der Waals surface area (Å²) in [7, 11) is -6.00. The molecular weight excluding hydrogens is 379 g/mol. The Bertz CT molecular complexity index is 973.